The minimum Gasteiger partial charge on any atom is -0.462 e. The van der Waals surface area contributed by atoms with E-state index < -0.39 is 0 Å². The zero-order valence-electron chi connectivity index (χ0n) is 25.0. The summed E-state index contributed by atoms with van der Waals surface area (Å²) in [6, 6.07) is 0. The van der Waals surface area contributed by atoms with Crippen molar-refractivity contribution in [3.63, 3.8) is 0 Å². The van der Waals surface area contributed by atoms with Crippen molar-refractivity contribution in [2.45, 2.75) is 132 Å². The van der Waals surface area contributed by atoms with E-state index in [-0.39, 0.29) is 45.3 Å². The van der Waals surface area contributed by atoms with Gasteiger partial charge in [-0.2, -0.15) is 0 Å². The smallest absolute Gasteiger partial charge is 0.303 e. The molecule has 5 rings (SSSR count). The lowest BCUT2D eigenvalue weighted by molar-refractivity contribution is -0.220. The Bertz CT molecular complexity index is 996. The summed E-state index contributed by atoms with van der Waals surface area (Å²) in [5.41, 5.74) is 1.85. The maximum Gasteiger partial charge on any atom is 0.303 e. The van der Waals surface area contributed by atoms with Crippen LogP contribution in [0.5, 0.6) is 0 Å². The highest BCUT2D eigenvalue weighted by molar-refractivity contribution is 5.67. The molecule has 10 atom stereocenters. The molecule has 0 aromatic heterocycles. The molecule has 0 heterocycles. The highest BCUT2D eigenvalue weighted by Gasteiger charge is 2.69. The van der Waals surface area contributed by atoms with Crippen LogP contribution in [0.25, 0.3) is 0 Å². The third kappa shape index (κ3) is 3.65. The van der Waals surface area contributed by atoms with E-state index in [1.165, 1.54) is 12.8 Å². The van der Waals surface area contributed by atoms with Gasteiger partial charge in [-0.1, -0.05) is 60.1 Å². The molecule has 2 unspecified atom stereocenters. The van der Waals surface area contributed by atoms with Crippen LogP contribution in [0.2, 0.25) is 0 Å². The Morgan fingerprint density at radius 2 is 1.54 bits per heavy atom. The van der Waals surface area contributed by atoms with Gasteiger partial charge < -0.3 is 9.47 Å². The van der Waals surface area contributed by atoms with Gasteiger partial charge in [0.1, 0.15) is 11.7 Å². The van der Waals surface area contributed by atoms with Crippen LogP contribution in [0.1, 0.15) is 120 Å². The molecule has 208 valence electrons. The maximum absolute atomic E-state index is 12.4. The number of rotatable bonds is 2. The average Bonchev–Trinajstić information content (AvgIpc) is 2.79. The van der Waals surface area contributed by atoms with Crippen molar-refractivity contribution in [1.29, 1.82) is 0 Å². The predicted octanol–water partition coefficient (Wildman–Crippen LogP) is 7.89. The van der Waals surface area contributed by atoms with Crippen LogP contribution in [0, 0.1) is 51.2 Å². The topological polar surface area (TPSA) is 52.6 Å². The van der Waals surface area contributed by atoms with Crippen molar-refractivity contribution in [2.75, 3.05) is 0 Å². The van der Waals surface area contributed by atoms with E-state index in [0.29, 0.717) is 29.6 Å². The normalized spacial score (nSPS) is 50.4. The fourth-order valence-electron chi connectivity index (χ4n) is 11.3. The quantitative estimate of drug-likeness (QED) is 0.279. The summed E-state index contributed by atoms with van der Waals surface area (Å²) in [5, 5.41) is 0. The van der Waals surface area contributed by atoms with Crippen LogP contribution in [0.4, 0.5) is 0 Å². The van der Waals surface area contributed by atoms with Crippen LogP contribution < -0.4 is 0 Å². The third-order valence-corrected chi connectivity index (χ3v) is 13.5. The molecular formula is C33H52O4. The number of ether oxygens (including phenoxy) is 2. The van der Waals surface area contributed by atoms with Crippen LogP contribution >= 0.6 is 0 Å². The van der Waals surface area contributed by atoms with Crippen LogP contribution in [-0.4, -0.2) is 23.6 Å². The van der Waals surface area contributed by atoms with E-state index in [1.807, 2.05) is 0 Å². The highest BCUT2D eigenvalue weighted by atomic mass is 16.6. The molecule has 5 aliphatic carbocycles. The van der Waals surface area contributed by atoms with Gasteiger partial charge >= 0.3 is 11.9 Å². The summed E-state index contributed by atoms with van der Waals surface area (Å²) in [5.74, 6) is 2.40. The van der Waals surface area contributed by atoms with Gasteiger partial charge in [0, 0.05) is 25.2 Å². The molecule has 4 heteroatoms. The van der Waals surface area contributed by atoms with Gasteiger partial charge in [0.2, 0.25) is 0 Å². The minimum absolute atomic E-state index is 0.0151. The highest BCUT2D eigenvalue weighted by Crippen LogP contribution is 2.75. The molecule has 0 amide bonds. The van der Waals surface area contributed by atoms with Crippen LogP contribution in [0.15, 0.2) is 11.6 Å². The van der Waals surface area contributed by atoms with Crippen molar-refractivity contribution in [1.82, 2.24) is 0 Å². The molecule has 0 bridgehead atoms. The summed E-state index contributed by atoms with van der Waals surface area (Å²) in [6.45, 7) is 20.5. The van der Waals surface area contributed by atoms with Gasteiger partial charge in [0.25, 0.3) is 0 Å². The molecule has 0 aromatic rings. The molecule has 0 spiro atoms. The molecule has 4 nitrogen and oxygen atoms in total. The number of carbonyl (C=O) groups excluding carboxylic acids is 2. The molecule has 0 saturated heterocycles. The van der Waals surface area contributed by atoms with E-state index >= 15 is 0 Å². The number of hydrogen-bond donors (Lipinski definition) is 0. The Hall–Kier alpha value is -1.32. The zero-order chi connectivity index (χ0) is 27.2. The molecule has 4 fully saturated rings. The maximum atomic E-state index is 12.4. The fourth-order valence-corrected chi connectivity index (χ4v) is 11.3. The summed E-state index contributed by atoms with van der Waals surface area (Å²) < 4.78 is 12.2. The number of hydrogen-bond acceptors (Lipinski definition) is 4. The molecule has 0 aliphatic heterocycles. The Morgan fingerprint density at radius 3 is 2.19 bits per heavy atom. The van der Waals surface area contributed by atoms with Crippen LogP contribution in [-0.2, 0) is 19.1 Å². The van der Waals surface area contributed by atoms with E-state index in [9.17, 15) is 9.59 Å². The van der Waals surface area contributed by atoms with E-state index in [4.69, 9.17) is 9.47 Å². The summed E-state index contributed by atoms with van der Waals surface area (Å²) in [6.07, 6.45) is 12.5. The third-order valence-electron chi connectivity index (χ3n) is 13.5. The lowest BCUT2D eigenvalue weighted by atomic mass is 9.34. The number of esters is 2. The van der Waals surface area contributed by atoms with Gasteiger partial charge in [-0.05, 0) is 97.7 Å². The molecule has 4 saturated carbocycles. The van der Waals surface area contributed by atoms with Crippen molar-refractivity contribution in [3.8, 4) is 0 Å². The number of carbonyl (C=O) groups is 2. The Balaban J connectivity index is 1.55. The lowest BCUT2D eigenvalue weighted by Crippen LogP contribution is -2.66. The Morgan fingerprint density at radius 1 is 0.838 bits per heavy atom. The van der Waals surface area contributed by atoms with E-state index in [1.54, 1.807) is 19.4 Å². The fraction of sp³-hybridized carbons (Fsp3) is 0.879. The second-order valence-corrected chi connectivity index (χ2v) is 15.3. The molecule has 0 N–H and O–H groups in total. The van der Waals surface area contributed by atoms with Gasteiger partial charge in [-0.25, -0.2) is 0 Å². The first kappa shape index (κ1) is 27.3. The van der Waals surface area contributed by atoms with Crippen molar-refractivity contribution >= 4 is 11.9 Å². The lowest BCUT2D eigenvalue weighted by Gasteiger charge is -2.71. The molecule has 0 radical (unpaired) electrons. The average molecular weight is 513 g/mol. The Kier molecular flexibility index (Phi) is 6.33. The first-order valence-electron chi connectivity index (χ1n) is 15.2. The van der Waals surface area contributed by atoms with Gasteiger partial charge in [0.15, 0.2) is 0 Å². The summed E-state index contributed by atoms with van der Waals surface area (Å²) in [4.78, 5) is 24.3. The van der Waals surface area contributed by atoms with Crippen LogP contribution in [0.3, 0.4) is 0 Å². The van der Waals surface area contributed by atoms with Crippen molar-refractivity contribution in [2.24, 2.45) is 51.2 Å². The monoisotopic (exact) mass is 512 g/mol. The molecular weight excluding hydrogens is 460 g/mol. The van der Waals surface area contributed by atoms with Gasteiger partial charge in [-0.15, -0.1) is 0 Å². The first-order valence-corrected chi connectivity index (χ1v) is 15.2. The molecule has 0 aromatic carbocycles. The minimum atomic E-state index is -0.322. The van der Waals surface area contributed by atoms with Crippen molar-refractivity contribution in [3.05, 3.63) is 11.6 Å². The second kappa shape index (κ2) is 8.59. The number of fused-ring (bicyclic) bond motifs is 7. The SMILES string of the molecule is CC(=O)O[C@H]1CC[C@@]2(C)C(CC[C@]3(C)C2CC=C2[C@@H]4[C@@H](C)[C@H](C)CC[C@]4(OC(C)=O)CC[C@]23C)C1(C)C. The number of allylic oxidation sites excluding steroid dienone is 1. The van der Waals surface area contributed by atoms with E-state index in [0.717, 1.165) is 44.9 Å². The Labute approximate surface area is 225 Å². The van der Waals surface area contributed by atoms with Gasteiger partial charge in [-0.3, -0.25) is 9.59 Å². The first-order chi connectivity index (χ1) is 17.1. The second-order valence-electron chi connectivity index (χ2n) is 15.3. The molecule has 37 heavy (non-hydrogen) atoms. The molecule has 5 aliphatic rings. The van der Waals surface area contributed by atoms with Gasteiger partial charge in [0.05, 0.1) is 0 Å². The zero-order valence-corrected chi connectivity index (χ0v) is 25.0. The standard InChI is InChI=1S/C33H52O4/c1-20-12-17-33(37-23(4)35)19-18-31(8)24(28(33)21(20)2)10-11-26-30(7)15-14-27(36-22(3)34)29(5,6)25(30)13-16-32(26,31)9/h10,20-21,25-28H,11-19H2,1-9H3/t20-,21+,25?,26?,27+,28+,30+,31-,32-,33+/m1/s1. The van der Waals surface area contributed by atoms with E-state index in [2.05, 4.69) is 54.5 Å². The summed E-state index contributed by atoms with van der Waals surface area (Å²) >= 11 is 0. The summed E-state index contributed by atoms with van der Waals surface area (Å²) in [7, 11) is 0. The van der Waals surface area contributed by atoms with Crippen molar-refractivity contribution < 1.29 is 19.1 Å². The predicted molar refractivity (Wildman–Crippen MR) is 147 cm³/mol. The largest absolute Gasteiger partial charge is 0.462 e.